The van der Waals surface area contributed by atoms with Gasteiger partial charge in [0.2, 0.25) is 10.0 Å². The summed E-state index contributed by atoms with van der Waals surface area (Å²) in [5, 5.41) is 18.0. The Morgan fingerprint density at radius 2 is 2.29 bits per heavy atom. The van der Waals surface area contributed by atoms with Crippen LogP contribution in [-0.2, 0) is 10.0 Å². The van der Waals surface area contributed by atoms with Crippen molar-refractivity contribution in [2.45, 2.75) is 25.4 Å². The molecule has 0 spiro atoms. The van der Waals surface area contributed by atoms with E-state index in [1.807, 2.05) is 0 Å². The van der Waals surface area contributed by atoms with E-state index in [0.29, 0.717) is 19.4 Å². The largest absolute Gasteiger partial charge is 0.389 e. The second-order valence-corrected chi connectivity index (χ2v) is 5.82. The normalized spacial score (nSPS) is 29.8. The molecule has 1 saturated heterocycles. The quantitative estimate of drug-likeness (QED) is 0.689. The van der Waals surface area contributed by atoms with Crippen LogP contribution in [0.2, 0.25) is 0 Å². The molecule has 80 valence electrons. The predicted octanol–water partition coefficient (Wildman–Crippen LogP) is -0.313. The molecule has 0 radical (unpaired) electrons. The Kier molecular flexibility index (Phi) is 3.14. The van der Waals surface area contributed by atoms with Gasteiger partial charge in [-0.2, -0.15) is 9.57 Å². The lowest BCUT2D eigenvalue weighted by Crippen LogP contribution is -2.49. The van der Waals surface area contributed by atoms with Crippen molar-refractivity contribution in [3.63, 3.8) is 0 Å². The summed E-state index contributed by atoms with van der Waals surface area (Å²) in [6, 6.07) is 1.62. The second kappa shape index (κ2) is 3.85. The lowest BCUT2D eigenvalue weighted by Gasteiger charge is -2.35. The highest BCUT2D eigenvalue weighted by Crippen LogP contribution is 2.22. The van der Waals surface area contributed by atoms with Crippen molar-refractivity contribution < 1.29 is 13.5 Å². The zero-order chi connectivity index (χ0) is 10.8. The Bertz CT molecular complexity index is 342. The number of β-amino-alcohol motifs (C(OH)–C–C–N with tert-alkyl or cyclic N) is 1. The van der Waals surface area contributed by atoms with Gasteiger partial charge in [0.15, 0.2) is 5.75 Å². The van der Waals surface area contributed by atoms with Crippen LogP contribution in [0.3, 0.4) is 0 Å². The first-order chi connectivity index (χ1) is 6.37. The first kappa shape index (κ1) is 11.4. The Hall–Kier alpha value is -0.640. The molecule has 0 bridgehead atoms. The molecule has 5 nitrogen and oxygen atoms in total. The van der Waals surface area contributed by atoms with Crippen LogP contribution in [0.5, 0.6) is 0 Å². The van der Waals surface area contributed by atoms with Crippen LogP contribution in [0, 0.1) is 11.3 Å². The Labute approximate surface area is 84.0 Å². The van der Waals surface area contributed by atoms with Gasteiger partial charge in [0.05, 0.1) is 11.7 Å². The summed E-state index contributed by atoms with van der Waals surface area (Å²) in [5.74, 6) is -0.511. The monoisotopic (exact) mass is 218 g/mol. The van der Waals surface area contributed by atoms with Crippen molar-refractivity contribution in [3.8, 4) is 6.07 Å². The molecule has 0 aromatic carbocycles. The van der Waals surface area contributed by atoms with E-state index in [2.05, 4.69) is 0 Å². The molecule has 1 rings (SSSR count). The lowest BCUT2D eigenvalue weighted by molar-refractivity contribution is 0.00950. The van der Waals surface area contributed by atoms with E-state index in [9.17, 15) is 13.5 Å². The number of rotatable bonds is 2. The average molecular weight is 218 g/mol. The molecule has 1 aliphatic heterocycles. The Balaban J connectivity index is 2.76. The van der Waals surface area contributed by atoms with Crippen LogP contribution >= 0.6 is 0 Å². The van der Waals surface area contributed by atoms with Crippen molar-refractivity contribution in [2.24, 2.45) is 0 Å². The van der Waals surface area contributed by atoms with Gasteiger partial charge in [0.1, 0.15) is 0 Å². The van der Waals surface area contributed by atoms with Gasteiger partial charge >= 0.3 is 0 Å². The molecule has 14 heavy (non-hydrogen) atoms. The van der Waals surface area contributed by atoms with Crippen LogP contribution < -0.4 is 0 Å². The zero-order valence-corrected chi connectivity index (χ0v) is 8.92. The molecule has 1 unspecified atom stereocenters. The second-order valence-electron chi connectivity index (χ2n) is 3.85. The molecule has 6 heteroatoms. The smallest absolute Gasteiger partial charge is 0.227 e. The maximum absolute atomic E-state index is 11.5. The standard InChI is InChI=1S/C8H14N2O3S/c1-8(11)3-2-5-10(7-8)14(12,13)6-4-9/h11H,2-3,5-7H2,1H3. The van der Waals surface area contributed by atoms with Gasteiger partial charge in [-0.25, -0.2) is 8.42 Å². The van der Waals surface area contributed by atoms with Gasteiger partial charge in [-0.1, -0.05) is 0 Å². The van der Waals surface area contributed by atoms with Crippen molar-refractivity contribution >= 4 is 10.0 Å². The van der Waals surface area contributed by atoms with Crippen molar-refractivity contribution in [1.82, 2.24) is 4.31 Å². The number of aliphatic hydroxyl groups is 1. The molecule has 1 fully saturated rings. The molecular formula is C8H14N2O3S. The van der Waals surface area contributed by atoms with Gasteiger partial charge in [-0.15, -0.1) is 0 Å². The van der Waals surface area contributed by atoms with E-state index in [0.717, 1.165) is 0 Å². The molecule has 0 aromatic rings. The maximum Gasteiger partial charge on any atom is 0.227 e. The van der Waals surface area contributed by atoms with Gasteiger partial charge in [-0.3, -0.25) is 0 Å². The van der Waals surface area contributed by atoms with Crippen LogP contribution in [0.25, 0.3) is 0 Å². The third kappa shape index (κ3) is 2.67. The highest BCUT2D eigenvalue weighted by atomic mass is 32.2. The number of hydrogen-bond donors (Lipinski definition) is 1. The van der Waals surface area contributed by atoms with Gasteiger partial charge in [0.25, 0.3) is 0 Å². The number of piperidine rings is 1. The molecule has 0 aliphatic carbocycles. The van der Waals surface area contributed by atoms with Crippen LogP contribution in [0.15, 0.2) is 0 Å². The SMILES string of the molecule is CC1(O)CCCN(S(=O)(=O)CC#N)C1. The number of hydrogen-bond acceptors (Lipinski definition) is 4. The fraction of sp³-hybridized carbons (Fsp3) is 0.875. The minimum absolute atomic E-state index is 0.0943. The van der Waals surface area contributed by atoms with Crippen LogP contribution in [-0.4, -0.2) is 42.3 Å². The Morgan fingerprint density at radius 1 is 1.64 bits per heavy atom. The summed E-state index contributed by atoms with van der Waals surface area (Å²) in [5.41, 5.74) is -0.958. The summed E-state index contributed by atoms with van der Waals surface area (Å²) in [7, 11) is -3.49. The van der Waals surface area contributed by atoms with E-state index in [4.69, 9.17) is 5.26 Å². The third-order valence-electron chi connectivity index (χ3n) is 2.28. The minimum Gasteiger partial charge on any atom is -0.389 e. The average Bonchev–Trinajstić information content (AvgIpc) is 2.02. The highest BCUT2D eigenvalue weighted by Gasteiger charge is 2.34. The topological polar surface area (TPSA) is 81.4 Å². The molecule has 1 heterocycles. The van der Waals surface area contributed by atoms with Crippen molar-refractivity contribution in [3.05, 3.63) is 0 Å². The fourth-order valence-electron chi connectivity index (χ4n) is 1.58. The summed E-state index contributed by atoms with van der Waals surface area (Å²) in [6.45, 7) is 2.11. The lowest BCUT2D eigenvalue weighted by atomic mass is 9.97. The molecule has 1 atom stereocenters. The van der Waals surface area contributed by atoms with E-state index in [-0.39, 0.29) is 6.54 Å². The van der Waals surface area contributed by atoms with Crippen molar-refractivity contribution in [2.75, 3.05) is 18.8 Å². The summed E-state index contributed by atoms with van der Waals surface area (Å²) < 4.78 is 24.1. The first-order valence-corrected chi connectivity index (χ1v) is 6.05. The third-order valence-corrected chi connectivity index (χ3v) is 3.87. The molecule has 1 aliphatic rings. The van der Waals surface area contributed by atoms with Crippen molar-refractivity contribution in [1.29, 1.82) is 5.26 Å². The van der Waals surface area contributed by atoms with E-state index in [1.165, 1.54) is 4.31 Å². The maximum atomic E-state index is 11.5. The number of sulfonamides is 1. The van der Waals surface area contributed by atoms with Gasteiger partial charge in [-0.05, 0) is 19.8 Å². The molecule has 1 N–H and O–H groups in total. The van der Waals surface area contributed by atoms with Crippen LogP contribution in [0.1, 0.15) is 19.8 Å². The number of nitrogens with zero attached hydrogens (tertiary/aromatic N) is 2. The van der Waals surface area contributed by atoms with E-state index in [1.54, 1.807) is 13.0 Å². The number of nitriles is 1. The molecule has 0 amide bonds. The highest BCUT2D eigenvalue weighted by molar-refractivity contribution is 7.89. The molecular weight excluding hydrogens is 204 g/mol. The van der Waals surface area contributed by atoms with E-state index >= 15 is 0 Å². The predicted molar refractivity (Wildman–Crippen MR) is 50.8 cm³/mol. The summed E-state index contributed by atoms with van der Waals surface area (Å²) in [4.78, 5) is 0. The fourth-order valence-corrected chi connectivity index (χ4v) is 2.81. The summed E-state index contributed by atoms with van der Waals surface area (Å²) >= 11 is 0. The van der Waals surface area contributed by atoms with E-state index < -0.39 is 21.4 Å². The zero-order valence-electron chi connectivity index (χ0n) is 8.10. The molecule has 0 saturated carbocycles. The molecule has 0 aromatic heterocycles. The van der Waals surface area contributed by atoms with Gasteiger partial charge < -0.3 is 5.11 Å². The summed E-state index contributed by atoms with van der Waals surface area (Å²) in [6.07, 6.45) is 1.24. The van der Waals surface area contributed by atoms with Crippen LogP contribution in [0.4, 0.5) is 0 Å². The van der Waals surface area contributed by atoms with Gasteiger partial charge in [0, 0.05) is 13.1 Å². The minimum atomic E-state index is -3.49. The Morgan fingerprint density at radius 3 is 2.79 bits per heavy atom. The first-order valence-electron chi connectivity index (χ1n) is 4.44.